The van der Waals surface area contributed by atoms with Crippen molar-refractivity contribution >= 4 is 27.8 Å². The number of hydrogen-bond donors (Lipinski definition) is 2. The summed E-state index contributed by atoms with van der Waals surface area (Å²) in [5.41, 5.74) is 2.92. The lowest BCUT2D eigenvalue weighted by molar-refractivity contribution is 0.192. The monoisotopic (exact) mass is 337 g/mol. The number of aliphatic hydroxyl groups excluding tert-OH is 1. The molecule has 0 amide bonds. The van der Waals surface area contributed by atoms with Crippen molar-refractivity contribution in [2.75, 3.05) is 11.9 Å². The van der Waals surface area contributed by atoms with Crippen LogP contribution in [0.1, 0.15) is 38.0 Å². The molecule has 2 unspecified atom stereocenters. The van der Waals surface area contributed by atoms with Gasteiger partial charge in [0.2, 0.25) is 0 Å². The van der Waals surface area contributed by atoms with E-state index in [0.717, 1.165) is 16.8 Å². The molecule has 0 aliphatic heterocycles. The van der Waals surface area contributed by atoms with Crippen molar-refractivity contribution < 1.29 is 9.32 Å². The highest BCUT2D eigenvalue weighted by Gasteiger charge is 2.19. The zero-order valence-corrected chi connectivity index (χ0v) is 14.8. The zero-order chi connectivity index (χ0) is 16.2. The van der Waals surface area contributed by atoms with E-state index in [1.807, 2.05) is 61.9 Å². The Bertz CT molecular complexity index is 618. The average Bonchev–Trinajstić information content (AvgIpc) is 2.98. The third-order valence-electron chi connectivity index (χ3n) is 3.34. The molecule has 0 saturated carbocycles. The lowest BCUT2D eigenvalue weighted by Gasteiger charge is -2.18. The Balaban J connectivity index is 1.95. The third-order valence-corrected chi connectivity index (χ3v) is 6.00. The van der Waals surface area contributed by atoms with Crippen LogP contribution in [0.3, 0.4) is 0 Å². The minimum atomic E-state index is -0.909. The molecule has 0 bridgehead atoms. The first kappa shape index (κ1) is 17.2. The molecule has 1 aromatic heterocycles. The van der Waals surface area contributed by atoms with E-state index in [1.165, 1.54) is 0 Å². The largest absolute Gasteiger partial charge is 0.387 e. The highest BCUT2D eigenvalue weighted by molar-refractivity contribution is 7.85. The number of rotatable bonds is 6. The van der Waals surface area contributed by atoms with Crippen LogP contribution in [0.15, 0.2) is 41.1 Å². The molecular weight excluding hydrogens is 314 g/mol. The van der Waals surface area contributed by atoms with Gasteiger partial charge in [-0.25, -0.2) is 0 Å². The fraction of sp³-hybridized carbons (Fsp3) is 0.412. The quantitative estimate of drug-likeness (QED) is 0.839. The minimum absolute atomic E-state index is 0.210. The van der Waals surface area contributed by atoms with Crippen molar-refractivity contribution in [1.29, 1.82) is 0 Å². The van der Waals surface area contributed by atoms with Gasteiger partial charge in [-0.05, 0) is 60.9 Å². The predicted octanol–water partition coefficient (Wildman–Crippen LogP) is 3.94. The van der Waals surface area contributed by atoms with E-state index in [2.05, 4.69) is 5.32 Å². The number of benzene rings is 1. The van der Waals surface area contributed by atoms with Crippen LogP contribution in [0.5, 0.6) is 0 Å². The molecular formula is C17H23NO2S2. The van der Waals surface area contributed by atoms with Crippen molar-refractivity contribution in [3.05, 3.63) is 52.2 Å². The van der Waals surface area contributed by atoms with Gasteiger partial charge in [0, 0.05) is 33.5 Å². The van der Waals surface area contributed by atoms with Crippen LogP contribution in [0, 0.1) is 0 Å². The number of thiophene rings is 1. The van der Waals surface area contributed by atoms with Crippen molar-refractivity contribution in [2.24, 2.45) is 0 Å². The van der Waals surface area contributed by atoms with Gasteiger partial charge >= 0.3 is 0 Å². The normalized spacial score (nSPS) is 14.5. The van der Waals surface area contributed by atoms with Gasteiger partial charge < -0.3 is 10.4 Å². The Morgan fingerprint density at radius 3 is 2.73 bits per heavy atom. The topological polar surface area (TPSA) is 49.3 Å². The van der Waals surface area contributed by atoms with Gasteiger partial charge in [-0.2, -0.15) is 11.3 Å². The summed E-state index contributed by atoms with van der Waals surface area (Å²) in [6.07, 6.45) is -0.515. The number of aliphatic hydroxyl groups is 1. The zero-order valence-electron chi connectivity index (χ0n) is 13.2. The van der Waals surface area contributed by atoms with E-state index < -0.39 is 16.9 Å². The van der Waals surface area contributed by atoms with Crippen LogP contribution in [-0.4, -0.2) is 20.6 Å². The molecule has 2 aromatic rings. The second kappa shape index (κ2) is 7.40. The Hall–Kier alpha value is -1.17. The first-order chi connectivity index (χ1) is 10.4. The molecule has 120 valence electrons. The van der Waals surface area contributed by atoms with Crippen LogP contribution in [-0.2, 0) is 16.6 Å². The van der Waals surface area contributed by atoms with Gasteiger partial charge in [0.15, 0.2) is 0 Å². The standard InChI is InChI=1S/C17H23NO2S2/c1-17(2,3)22(20)12-13-5-4-6-15(9-13)18-10-16(19)14-7-8-21-11-14/h4-9,11,16,18-19H,10,12H2,1-3H3. The second-order valence-corrected chi connectivity index (χ2v) is 9.24. The van der Waals surface area contributed by atoms with Crippen LogP contribution < -0.4 is 5.32 Å². The van der Waals surface area contributed by atoms with E-state index in [-0.39, 0.29) is 4.75 Å². The Kier molecular flexibility index (Phi) is 5.78. The molecule has 0 radical (unpaired) electrons. The second-order valence-electron chi connectivity index (χ2n) is 6.26. The molecule has 0 spiro atoms. The lowest BCUT2D eigenvalue weighted by Crippen LogP contribution is -2.23. The summed E-state index contributed by atoms with van der Waals surface area (Å²) >= 11 is 1.58. The van der Waals surface area contributed by atoms with Crippen molar-refractivity contribution in [1.82, 2.24) is 0 Å². The summed E-state index contributed by atoms with van der Waals surface area (Å²) in [5, 5.41) is 17.2. The Morgan fingerprint density at radius 2 is 2.09 bits per heavy atom. The minimum Gasteiger partial charge on any atom is -0.387 e. The highest BCUT2D eigenvalue weighted by atomic mass is 32.2. The predicted molar refractivity (Wildman–Crippen MR) is 95.8 cm³/mol. The highest BCUT2D eigenvalue weighted by Crippen LogP contribution is 2.20. The molecule has 2 rings (SSSR count). The summed E-state index contributed by atoms with van der Waals surface area (Å²) in [6.45, 7) is 6.43. The summed E-state index contributed by atoms with van der Waals surface area (Å²) < 4.78 is 12.0. The first-order valence-electron chi connectivity index (χ1n) is 7.28. The molecule has 3 nitrogen and oxygen atoms in total. The van der Waals surface area contributed by atoms with Gasteiger partial charge in [0.25, 0.3) is 0 Å². The molecule has 2 atom stereocenters. The van der Waals surface area contributed by atoms with Gasteiger partial charge in [0.05, 0.1) is 6.10 Å². The van der Waals surface area contributed by atoms with Crippen molar-refractivity contribution in [3.63, 3.8) is 0 Å². The van der Waals surface area contributed by atoms with E-state index in [9.17, 15) is 9.32 Å². The summed E-state index contributed by atoms with van der Waals surface area (Å²) in [4.78, 5) is 0. The maximum Gasteiger partial charge on any atom is 0.0970 e. The summed E-state index contributed by atoms with van der Waals surface area (Å²) in [7, 11) is -0.909. The molecule has 0 aliphatic rings. The maximum atomic E-state index is 12.2. The molecule has 1 heterocycles. The van der Waals surface area contributed by atoms with E-state index >= 15 is 0 Å². The number of hydrogen-bond acceptors (Lipinski definition) is 4. The molecule has 0 aliphatic carbocycles. The van der Waals surface area contributed by atoms with Gasteiger partial charge in [-0.3, -0.25) is 4.21 Å². The van der Waals surface area contributed by atoms with E-state index in [0.29, 0.717) is 12.3 Å². The molecule has 0 saturated heterocycles. The lowest BCUT2D eigenvalue weighted by atomic mass is 10.2. The van der Waals surface area contributed by atoms with Gasteiger partial charge in [-0.15, -0.1) is 0 Å². The summed E-state index contributed by atoms with van der Waals surface area (Å²) in [5.74, 6) is 0.548. The molecule has 1 aromatic carbocycles. The molecule has 0 fully saturated rings. The smallest absolute Gasteiger partial charge is 0.0970 e. The van der Waals surface area contributed by atoms with Gasteiger partial charge in [-0.1, -0.05) is 12.1 Å². The average molecular weight is 338 g/mol. The van der Waals surface area contributed by atoms with Crippen molar-refractivity contribution in [3.8, 4) is 0 Å². The fourth-order valence-corrected chi connectivity index (χ4v) is 3.56. The molecule has 5 heteroatoms. The Labute approximate surface area is 138 Å². The van der Waals surface area contributed by atoms with Gasteiger partial charge in [0.1, 0.15) is 0 Å². The van der Waals surface area contributed by atoms with Crippen LogP contribution in [0.2, 0.25) is 0 Å². The third kappa shape index (κ3) is 4.93. The van der Waals surface area contributed by atoms with E-state index in [1.54, 1.807) is 11.3 Å². The van der Waals surface area contributed by atoms with E-state index in [4.69, 9.17) is 0 Å². The summed E-state index contributed by atoms with van der Waals surface area (Å²) in [6, 6.07) is 9.84. The molecule has 2 N–H and O–H groups in total. The first-order valence-corrected chi connectivity index (χ1v) is 9.54. The van der Waals surface area contributed by atoms with Crippen LogP contribution >= 0.6 is 11.3 Å². The SMILES string of the molecule is CC(C)(C)S(=O)Cc1cccc(NCC(O)c2ccsc2)c1. The fourth-order valence-electron chi connectivity index (χ4n) is 1.94. The number of anilines is 1. The Morgan fingerprint density at radius 1 is 1.32 bits per heavy atom. The van der Waals surface area contributed by atoms with Crippen LogP contribution in [0.4, 0.5) is 5.69 Å². The number of nitrogens with one attached hydrogen (secondary N) is 1. The van der Waals surface area contributed by atoms with Crippen LogP contribution in [0.25, 0.3) is 0 Å². The van der Waals surface area contributed by atoms with Crippen molar-refractivity contribution in [2.45, 2.75) is 37.4 Å². The maximum absolute atomic E-state index is 12.2. The molecule has 22 heavy (non-hydrogen) atoms.